The number of nitrogens with zero attached hydrogens (tertiary/aromatic N) is 5. The number of oxazole rings is 1. The Balaban J connectivity index is 1.33. The van der Waals surface area contributed by atoms with Crippen LogP contribution in [0.5, 0.6) is 5.88 Å². The van der Waals surface area contributed by atoms with Gasteiger partial charge in [0, 0.05) is 44.7 Å². The van der Waals surface area contributed by atoms with Crippen LogP contribution in [0.3, 0.4) is 0 Å². The van der Waals surface area contributed by atoms with Crippen molar-refractivity contribution in [2.24, 2.45) is 7.05 Å². The summed E-state index contributed by atoms with van der Waals surface area (Å²) in [5.74, 6) is 2.14. The van der Waals surface area contributed by atoms with E-state index in [9.17, 15) is 4.79 Å². The first kappa shape index (κ1) is 23.0. The molecule has 0 unspecified atom stereocenters. The van der Waals surface area contributed by atoms with E-state index in [0.717, 1.165) is 36.7 Å². The third-order valence-corrected chi connectivity index (χ3v) is 5.81. The van der Waals surface area contributed by atoms with Crippen LogP contribution in [-0.2, 0) is 25.6 Å². The maximum absolute atomic E-state index is 13.1. The summed E-state index contributed by atoms with van der Waals surface area (Å²) in [7, 11) is 1.80. The van der Waals surface area contributed by atoms with Crippen molar-refractivity contribution in [2.75, 3.05) is 26.2 Å². The van der Waals surface area contributed by atoms with Crippen LogP contribution in [-0.4, -0.2) is 56.7 Å². The quantitative estimate of drug-likeness (QED) is 0.570. The van der Waals surface area contributed by atoms with E-state index in [4.69, 9.17) is 9.15 Å². The van der Waals surface area contributed by atoms with Crippen molar-refractivity contribution in [3.63, 3.8) is 0 Å². The van der Waals surface area contributed by atoms with E-state index in [1.807, 2.05) is 41.4 Å². The highest BCUT2D eigenvalue weighted by Crippen LogP contribution is 2.23. The minimum atomic E-state index is -0.0619. The maximum Gasteiger partial charge on any atom is 0.274 e. The highest BCUT2D eigenvalue weighted by atomic mass is 16.5. The molecule has 0 N–H and O–H groups in total. The van der Waals surface area contributed by atoms with Crippen LogP contribution in [0.25, 0.3) is 0 Å². The number of aryl methyl sites for hydroxylation is 1. The van der Waals surface area contributed by atoms with Crippen molar-refractivity contribution in [2.45, 2.75) is 45.8 Å². The number of benzene rings is 1. The van der Waals surface area contributed by atoms with Crippen molar-refractivity contribution in [1.29, 1.82) is 0 Å². The molecule has 4 rings (SSSR count). The molecule has 0 radical (unpaired) electrons. The van der Waals surface area contributed by atoms with Crippen LogP contribution in [0.2, 0.25) is 0 Å². The summed E-state index contributed by atoms with van der Waals surface area (Å²) in [4.78, 5) is 21.7. The molecule has 0 bridgehead atoms. The van der Waals surface area contributed by atoms with Crippen LogP contribution < -0.4 is 4.74 Å². The highest BCUT2D eigenvalue weighted by Gasteiger charge is 2.25. The van der Waals surface area contributed by atoms with Crippen LogP contribution in [0, 0.1) is 0 Å². The van der Waals surface area contributed by atoms with E-state index >= 15 is 0 Å². The van der Waals surface area contributed by atoms with Gasteiger partial charge >= 0.3 is 0 Å². The van der Waals surface area contributed by atoms with E-state index in [2.05, 4.69) is 35.8 Å². The third kappa shape index (κ3) is 5.82. The fourth-order valence-corrected chi connectivity index (χ4v) is 3.84. The molecule has 8 nitrogen and oxygen atoms in total. The van der Waals surface area contributed by atoms with Gasteiger partial charge in [0.2, 0.25) is 11.8 Å². The molecule has 0 aliphatic carbocycles. The van der Waals surface area contributed by atoms with Crippen molar-refractivity contribution < 1.29 is 13.9 Å². The average molecular weight is 452 g/mol. The van der Waals surface area contributed by atoms with Gasteiger partial charge < -0.3 is 14.1 Å². The first-order chi connectivity index (χ1) is 15.8. The highest BCUT2D eigenvalue weighted by molar-refractivity contribution is 5.92. The van der Waals surface area contributed by atoms with Crippen LogP contribution in [0.15, 0.2) is 47.0 Å². The number of ether oxygens (including phenoxy) is 1. The second kappa shape index (κ2) is 9.79. The van der Waals surface area contributed by atoms with Crippen molar-refractivity contribution in [1.82, 2.24) is 24.6 Å². The number of amides is 1. The fourth-order valence-electron chi connectivity index (χ4n) is 3.84. The van der Waals surface area contributed by atoms with E-state index in [1.165, 1.54) is 0 Å². The van der Waals surface area contributed by atoms with Crippen LogP contribution in [0.1, 0.15) is 54.9 Å². The molecule has 0 spiro atoms. The summed E-state index contributed by atoms with van der Waals surface area (Å²) in [5, 5.41) is 4.40. The zero-order valence-corrected chi connectivity index (χ0v) is 20.0. The summed E-state index contributed by atoms with van der Waals surface area (Å²) < 4.78 is 13.4. The summed E-state index contributed by atoms with van der Waals surface area (Å²) in [5.41, 5.74) is 1.43. The Morgan fingerprint density at radius 1 is 1.12 bits per heavy atom. The van der Waals surface area contributed by atoms with Crippen LogP contribution >= 0.6 is 0 Å². The molecule has 2 aromatic heterocycles. The zero-order chi connectivity index (χ0) is 23.4. The predicted octanol–water partition coefficient (Wildman–Crippen LogP) is 3.63. The summed E-state index contributed by atoms with van der Waals surface area (Å²) in [6.07, 6.45) is 2.71. The van der Waals surface area contributed by atoms with Crippen LogP contribution in [0.4, 0.5) is 0 Å². The minimum absolute atomic E-state index is 0.0559. The predicted molar refractivity (Wildman–Crippen MR) is 125 cm³/mol. The Kier molecular flexibility index (Phi) is 6.83. The molecule has 1 fully saturated rings. The molecule has 33 heavy (non-hydrogen) atoms. The molecule has 0 saturated carbocycles. The first-order valence-corrected chi connectivity index (χ1v) is 11.5. The largest absolute Gasteiger partial charge is 0.473 e. The maximum atomic E-state index is 13.1. The fraction of sp³-hybridized carbons (Fsp3) is 0.480. The molecule has 1 aliphatic heterocycles. The van der Waals surface area contributed by atoms with Gasteiger partial charge in [0.05, 0.1) is 12.7 Å². The Bertz CT molecular complexity index is 1070. The lowest BCUT2D eigenvalue weighted by Crippen LogP contribution is -2.35. The second-order valence-corrected chi connectivity index (χ2v) is 9.56. The van der Waals surface area contributed by atoms with Gasteiger partial charge in [0.1, 0.15) is 12.4 Å². The monoisotopic (exact) mass is 451 g/mol. The Hall–Kier alpha value is -3.13. The van der Waals surface area contributed by atoms with Gasteiger partial charge in [-0.05, 0) is 12.0 Å². The zero-order valence-electron chi connectivity index (χ0n) is 20.0. The molecular formula is C25H33N5O3. The van der Waals surface area contributed by atoms with Crippen molar-refractivity contribution in [3.8, 4) is 5.88 Å². The van der Waals surface area contributed by atoms with E-state index < -0.39 is 0 Å². The summed E-state index contributed by atoms with van der Waals surface area (Å²) in [6.45, 7) is 10.4. The molecular weight excluding hydrogens is 418 g/mol. The molecule has 3 heterocycles. The molecule has 1 aromatic carbocycles. The molecule has 1 aliphatic rings. The molecule has 176 valence electrons. The topological polar surface area (TPSA) is 76.6 Å². The Morgan fingerprint density at radius 2 is 1.91 bits per heavy atom. The average Bonchev–Trinajstić information content (AvgIpc) is 3.34. The second-order valence-electron chi connectivity index (χ2n) is 9.56. The Labute approximate surface area is 195 Å². The molecule has 1 amide bonds. The Morgan fingerprint density at radius 3 is 2.64 bits per heavy atom. The lowest BCUT2D eigenvalue weighted by atomic mass is 9.94. The standard InChI is InChI=1S/C25H33N5O3/c1-25(2,3)21-16-26-22(33-21)17-29-11-8-12-30(14-13-29)24(31)20-15-23(28(4)27-20)32-18-19-9-6-5-7-10-19/h5-7,9-10,15-16H,8,11-14,17-18H2,1-4H3. The summed E-state index contributed by atoms with van der Waals surface area (Å²) in [6, 6.07) is 11.7. The lowest BCUT2D eigenvalue weighted by Gasteiger charge is -2.20. The van der Waals surface area contributed by atoms with E-state index in [0.29, 0.717) is 37.8 Å². The molecule has 0 atom stereocenters. The van der Waals surface area contributed by atoms with Gasteiger partial charge in [-0.3, -0.25) is 9.69 Å². The SMILES string of the molecule is Cn1nc(C(=O)N2CCCN(Cc3ncc(C(C)(C)C)o3)CC2)cc1OCc1ccccc1. The molecule has 1 saturated heterocycles. The van der Waals surface area contributed by atoms with Gasteiger partial charge in [0.25, 0.3) is 5.91 Å². The molecule has 8 heteroatoms. The van der Waals surface area contributed by atoms with Gasteiger partial charge in [0.15, 0.2) is 5.69 Å². The number of carbonyl (C=O) groups excluding carboxylic acids is 1. The van der Waals surface area contributed by atoms with Gasteiger partial charge in [-0.1, -0.05) is 51.1 Å². The van der Waals surface area contributed by atoms with E-state index in [1.54, 1.807) is 17.8 Å². The van der Waals surface area contributed by atoms with Crippen molar-refractivity contribution >= 4 is 5.91 Å². The summed E-state index contributed by atoms with van der Waals surface area (Å²) >= 11 is 0. The van der Waals surface area contributed by atoms with Gasteiger partial charge in [-0.2, -0.15) is 5.10 Å². The number of aromatic nitrogens is 3. The third-order valence-electron chi connectivity index (χ3n) is 5.81. The number of rotatable bonds is 6. The van der Waals surface area contributed by atoms with Gasteiger partial charge in [-0.15, -0.1) is 0 Å². The first-order valence-electron chi connectivity index (χ1n) is 11.5. The number of carbonyl (C=O) groups is 1. The lowest BCUT2D eigenvalue weighted by molar-refractivity contribution is 0.0754. The normalized spacial score (nSPS) is 15.5. The minimum Gasteiger partial charge on any atom is -0.473 e. The molecule has 3 aromatic rings. The van der Waals surface area contributed by atoms with E-state index in [-0.39, 0.29) is 11.3 Å². The number of hydrogen-bond acceptors (Lipinski definition) is 6. The van der Waals surface area contributed by atoms with Gasteiger partial charge in [-0.25, -0.2) is 9.67 Å². The number of hydrogen-bond donors (Lipinski definition) is 0. The van der Waals surface area contributed by atoms with Crippen molar-refractivity contribution in [3.05, 3.63) is 65.5 Å². The smallest absolute Gasteiger partial charge is 0.274 e.